The molecule has 1 aromatic carbocycles. The zero-order chi connectivity index (χ0) is 21.4. The molecule has 0 amide bonds. The van der Waals surface area contributed by atoms with Crippen molar-refractivity contribution in [2.75, 3.05) is 11.5 Å². The lowest BCUT2D eigenvalue weighted by atomic mass is 9.71. The number of thioether (sulfide) groups is 2. The van der Waals surface area contributed by atoms with E-state index in [4.69, 9.17) is 13.9 Å². The van der Waals surface area contributed by atoms with Crippen LogP contribution in [0, 0.1) is 0 Å². The van der Waals surface area contributed by atoms with Crippen LogP contribution < -0.4 is 0 Å². The van der Waals surface area contributed by atoms with E-state index < -0.39 is 15.6 Å². The molecule has 2 aromatic rings. The second-order valence-electron chi connectivity index (χ2n) is 7.52. The lowest BCUT2D eigenvalue weighted by Gasteiger charge is -2.49. The van der Waals surface area contributed by atoms with E-state index in [9.17, 15) is 9.59 Å². The molecule has 0 spiro atoms. The minimum atomic E-state index is -1.60. The standard InChI is InChI=1S/C23H24O5S2/c1-15(2)27-21-19(20(25)22(21,28-16(3)24)18-10-11-26-14-18)23(29-12-7-13-30-23)17-8-5-4-6-9-17/h4-6,8-11,14-15H,7,12-13H2,1-3H3/t22-/m0/s1. The van der Waals surface area contributed by atoms with Gasteiger partial charge in [-0.3, -0.25) is 9.59 Å². The molecule has 2 heterocycles. The number of benzene rings is 1. The Morgan fingerprint density at radius 1 is 1.10 bits per heavy atom. The molecule has 1 fully saturated rings. The summed E-state index contributed by atoms with van der Waals surface area (Å²) in [4.78, 5) is 26.0. The number of ether oxygens (including phenoxy) is 2. The first-order valence-corrected chi connectivity index (χ1v) is 11.9. The van der Waals surface area contributed by atoms with Gasteiger partial charge < -0.3 is 13.9 Å². The maximum Gasteiger partial charge on any atom is 0.304 e. The third kappa shape index (κ3) is 3.28. The molecule has 2 aliphatic rings. The SMILES string of the molecule is CC(=O)O[C@@]1(c2ccoc2)C(=O)C(C2(c3ccccc3)SCCCS2)=C1OC(C)C. The third-order valence-electron chi connectivity index (χ3n) is 5.05. The van der Waals surface area contributed by atoms with Crippen molar-refractivity contribution in [2.24, 2.45) is 0 Å². The summed E-state index contributed by atoms with van der Waals surface area (Å²) >= 11 is 3.48. The van der Waals surface area contributed by atoms with E-state index >= 15 is 0 Å². The predicted molar refractivity (Wildman–Crippen MR) is 118 cm³/mol. The Kier molecular flexibility index (Phi) is 5.77. The van der Waals surface area contributed by atoms with Gasteiger partial charge in [0.1, 0.15) is 4.08 Å². The number of hydrogen-bond donors (Lipinski definition) is 0. The van der Waals surface area contributed by atoms with Crippen LogP contribution in [0.4, 0.5) is 0 Å². The van der Waals surface area contributed by atoms with Gasteiger partial charge in [0.25, 0.3) is 5.60 Å². The topological polar surface area (TPSA) is 65.7 Å². The molecule has 5 nitrogen and oxygen atoms in total. The van der Waals surface area contributed by atoms with Gasteiger partial charge in [0, 0.05) is 12.5 Å². The summed E-state index contributed by atoms with van der Waals surface area (Å²) in [5.74, 6) is 1.47. The first kappa shape index (κ1) is 21.1. The second kappa shape index (κ2) is 8.19. The Bertz CT molecular complexity index is 959. The fourth-order valence-electron chi connectivity index (χ4n) is 3.91. The van der Waals surface area contributed by atoms with Crippen molar-refractivity contribution in [1.29, 1.82) is 0 Å². The van der Waals surface area contributed by atoms with Gasteiger partial charge in [-0.25, -0.2) is 0 Å². The number of carbonyl (C=O) groups is 2. The van der Waals surface area contributed by atoms with E-state index in [0.717, 1.165) is 23.5 Å². The van der Waals surface area contributed by atoms with Crippen molar-refractivity contribution in [3.63, 3.8) is 0 Å². The number of esters is 1. The van der Waals surface area contributed by atoms with E-state index in [0.29, 0.717) is 16.9 Å². The van der Waals surface area contributed by atoms with Gasteiger partial charge in [0.15, 0.2) is 5.76 Å². The van der Waals surface area contributed by atoms with Gasteiger partial charge in [-0.05, 0) is 43.4 Å². The van der Waals surface area contributed by atoms with Gasteiger partial charge in [-0.15, -0.1) is 23.5 Å². The zero-order valence-corrected chi connectivity index (χ0v) is 18.8. The fraction of sp³-hybridized carbons (Fsp3) is 0.391. The maximum atomic E-state index is 13.9. The van der Waals surface area contributed by atoms with Crippen LogP contribution >= 0.6 is 23.5 Å². The number of rotatable bonds is 6. The van der Waals surface area contributed by atoms with Gasteiger partial charge in [0.2, 0.25) is 5.78 Å². The molecule has 0 unspecified atom stereocenters. The number of ketones is 1. The van der Waals surface area contributed by atoms with Crippen molar-refractivity contribution in [3.8, 4) is 0 Å². The molecule has 1 atom stereocenters. The van der Waals surface area contributed by atoms with E-state index in [-0.39, 0.29) is 11.9 Å². The highest BCUT2D eigenvalue weighted by Crippen LogP contribution is 2.63. The molecular formula is C23H24O5S2. The lowest BCUT2D eigenvalue weighted by molar-refractivity contribution is -0.171. The van der Waals surface area contributed by atoms with E-state index in [1.54, 1.807) is 29.6 Å². The fourth-order valence-corrected chi connectivity index (χ4v) is 7.35. The minimum Gasteiger partial charge on any atom is -0.490 e. The summed E-state index contributed by atoms with van der Waals surface area (Å²) in [5.41, 5.74) is 0.478. The van der Waals surface area contributed by atoms with Crippen LogP contribution in [0.25, 0.3) is 0 Å². The molecule has 0 radical (unpaired) electrons. The van der Waals surface area contributed by atoms with Crippen LogP contribution in [0.2, 0.25) is 0 Å². The van der Waals surface area contributed by atoms with Crippen molar-refractivity contribution in [2.45, 2.75) is 43.0 Å². The Morgan fingerprint density at radius 3 is 2.37 bits per heavy atom. The van der Waals surface area contributed by atoms with E-state index in [1.807, 2.05) is 44.2 Å². The molecule has 0 saturated carbocycles. The third-order valence-corrected chi connectivity index (χ3v) is 8.44. The highest BCUT2D eigenvalue weighted by atomic mass is 32.2. The molecule has 0 bridgehead atoms. The number of furan rings is 1. The first-order valence-electron chi connectivity index (χ1n) is 9.94. The summed E-state index contributed by atoms with van der Waals surface area (Å²) in [5, 5.41) is 0. The molecule has 1 saturated heterocycles. The lowest BCUT2D eigenvalue weighted by Crippen LogP contribution is -2.56. The van der Waals surface area contributed by atoms with Crippen LogP contribution in [0.1, 0.15) is 38.3 Å². The molecule has 4 rings (SSSR count). The van der Waals surface area contributed by atoms with Crippen LogP contribution in [0.15, 0.2) is 64.7 Å². The Labute approximate surface area is 184 Å². The summed E-state index contributed by atoms with van der Waals surface area (Å²) in [6, 6.07) is 11.7. The van der Waals surface area contributed by atoms with Crippen LogP contribution in [-0.2, 0) is 28.7 Å². The molecule has 158 valence electrons. The van der Waals surface area contributed by atoms with Crippen LogP contribution in [0.5, 0.6) is 0 Å². The average molecular weight is 445 g/mol. The highest BCUT2D eigenvalue weighted by Gasteiger charge is 2.66. The molecular weight excluding hydrogens is 420 g/mol. The molecule has 1 aliphatic heterocycles. The molecule has 7 heteroatoms. The van der Waals surface area contributed by atoms with Gasteiger partial charge in [0.05, 0.1) is 24.2 Å². The summed E-state index contributed by atoms with van der Waals surface area (Å²) in [6.45, 7) is 5.10. The van der Waals surface area contributed by atoms with Crippen LogP contribution in [0.3, 0.4) is 0 Å². The van der Waals surface area contributed by atoms with Gasteiger partial charge in [-0.2, -0.15) is 0 Å². The predicted octanol–water partition coefficient (Wildman–Crippen LogP) is 5.02. The Balaban J connectivity index is 1.96. The minimum absolute atomic E-state index is 0.198. The number of Topliss-reactive ketones (excluding diaryl/α,β-unsaturated/α-hetero) is 1. The second-order valence-corrected chi connectivity index (χ2v) is 10.4. The summed E-state index contributed by atoms with van der Waals surface area (Å²) < 4.78 is 16.6. The van der Waals surface area contributed by atoms with Crippen molar-refractivity contribution in [1.82, 2.24) is 0 Å². The smallest absolute Gasteiger partial charge is 0.304 e. The molecule has 0 N–H and O–H groups in total. The summed E-state index contributed by atoms with van der Waals surface area (Å²) in [6.07, 6.45) is 3.78. The quantitative estimate of drug-likeness (QED) is 0.579. The Morgan fingerprint density at radius 2 is 1.80 bits per heavy atom. The normalized spacial score (nSPS) is 23.3. The van der Waals surface area contributed by atoms with Gasteiger partial charge in [-0.1, -0.05) is 30.3 Å². The largest absolute Gasteiger partial charge is 0.490 e. The highest BCUT2D eigenvalue weighted by molar-refractivity contribution is 8.18. The number of carbonyl (C=O) groups excluding carboxylic acids is 2. The summed E-state index contributed by atoms with van der Waals surface area (Å²) in [7, 11) is 0. The molecule has 30 heavy (non-hydrogen) atoms. The average Bonchev–Trinajstić information content (AvgIpc) is 3.27. The zero-order valence-electron chi connectivity index (χ0n) is 17.2. The van der Waals surface area contributed by atoms with Crippen LogP contribution in [-0.4, -0.2) is 29.4 Å². The van der Waals surface area contributed by atoms with Crippen molar-refractivity contribution in [3.05, 3.63) is 71.4 Å². The van der Waals surface area contributed by atoms with Crippen molar-refractivity contribution >= 4 is 35.3 Å². The van der Waals surface area contributed by atoms with E-state index in [2.05, 4.69) is 0 Å². The van der Waals surface area contributed by atoms with E-state index in [1.165, 1.54) is 19.5 Å². The van der Waals surface area contributed by atoms with Gasteiger partial charge >= 0.3 is 5.97 Å². The van der Waals surface area contributed by atoms with Crippen molar-refractivity contribution < 1.29 is 23.5 Å². The first-order chi connectivity index (χ1) is 14.4. The molecule has 1 aliphatic carbocycles. The molecule has 1 aromatic heterocycles. The Hall–Kier alpha value is -2.12. The maximum absolute atomic E-state index is 13.9. The number of hydrogen-bond acceptors (Lipinski definition) is 7. The monoisotopic (exact) mass is 444 g/mol.